The fourth-order valence-corrected chi connectivity index (χ4v) is 9.33. The van der Waals surface area contributed by atoms with E-state index in [9.17, 15) is 19.6 Å². The van der Waals surface area contributed by atoms with Crippen molar-refractivity contribution in [2.45, 2.75) is 96.2 Å². The lowest BCUT2D eigenvalue weighted by molar-refractivity contribution is -0.0408. The Morgan fingerprint density at radius 2 is 1.32 bits per heavy atom. The largest absolute Gasteiger partial charge is 0.388 e. The van der Waals surface area contributed by atoms with Gasteiger partial charge in [0.05, 0.1) is 37.0 Å². The molecule has 0 unspecified atom stereocenters. The number of amides is 3. The summed E-state index contributed by atoms with van der Waals surface area (Å²) in [5.74, 6) is 0.0223. The van der Waals surface area contributed by atoms with Crippen LogP contribution in [0.1, 0.15) is 78.6 Å². The third-order valence-electron chi connectivity index (χ3n) is 11.0. The van der Waals surface area contributed by atoms with Crippen molar-refractivity contribution in [1.82, 2.24) is 25.3 Å². The molecule has 1 aromatic heterocycles. The van der Waals surface area contributed by atoms with E-state index in [0.717, 1.165) is 53.3 Å². The number of nitrogens with one attached hydrogen (secondary N) is 2. The van der Waals surface area contributed by atoms with Crippen LogP contribution in [0, 0.1) is 0 Å². The Kier molecular flexibility index (Phi) is 15.9. The summed E-state index contributed by atoms with van der Waals surface area (Å²) in [4.78, 5) is 32.0. The van der Waals surface area contributed by atoms with E-state index in [1.54, 1.807) is 28.0 Å². The van der Waals surface area contributed by atoms with Crippen LogP contribution in [0.4, 0.5) is 10.6 Å². The smallest absolute Gasteiger partial charge is 0.330 e. The predicted octanol–water partition coefficient (Wildman–Crippen LogP) is 7.47. The number of benzene rings is 4. The minimum atomic E-state index is -3.29. The fourth-order valence-electron chi connectivity index (χ4n) is 7.64. The number of urea groups is 1. The van der Waals surface area contributed by atoms with Gasteiger partial charge in [-0.3, -0.25) is 14.5 Å². The van der Waals surface area contributed by atoms with Crippen molar-refractivity contribution in [2.24, 2.45) is 0 Å². The van der Waals surface area contributed by atoms with E-state index in [4.69, 9.17) is 14.8 Å². The molecule has 1 fully saturated rings. The van der Waals surface area contributed by atoms with Crippen LogP contribution in [0.2, 0.25) is 0 Å². The number of nitrogen functional groups attached to an aromatic ring is 1. The Bertz CT molecular complexity index is 2170. The van der Waals surface area contributed by atoms with Crippen LogP contribution in [-0.4, -0.2) is 92.4 Å². The lowest BCUT2D eigenvalue weighted by atomic mass is 9.91. The Labute approximate surface area is 352 Å². The molecule has 1 aliphatic heterocycles. The number of nitrogens with zero attached hydrogens (tertiary/aromatic N) is 3. The number of anilines is 1. The van der Waals surface area contributed by atoms with E-state index in [-0.39, 0.29) is 44.2 Å². The van der Waals surface area contributed by atoms with Crippen LogP contribution in [0.5, 0.6) is 0 Å². The summed E-state index contributed by atoms with van der Waals surface area (Å²) < 4.78 is 24.8. The van der Waals surface area contributed by atoms with Crippen LogP contribution >= 0.6 is 7.60 Å². The Balaban J connectivity index is 1.26. The molecule has 13 nitrogen and oxygen atoms in total. The topological polar surface area (TPSA) is 183 Å². The lowest BCUT2D eigenvalue weighted by Gasteiger charge is -2.36. The molecule has 320 valence electrons. The van der Waals surface area contributed by atoms with Crippen LogP contribution < -0.4 is 11.1 Å². The van der Waals surface area contributed by atoms with Crippen LogP contribution in [-0.2, 0) is 39.5 Å². The second-order valence-corrected chi connectivity index (χ2v) is 17.7. The van der Waals surface area contributed by atoms with E-state index in [2.05, 4.69) is 15.5 Å². The second-order valence-electron chi connectivity index (χ2n) is 15.5. The van der Waals surface area contributed by atoms with Crippen LogP contribution in [0.15, 0.2) is 103 Å². The number of carbonyl (C=O) groups excluding carboxylic acids is 2. The van der Waals surface area contributed by atoms with Crippen molar-refractivity contribution in [1.29, 1.82) is 0 Å². The highest BCUT2D eigenvalue weighted by Gasteiger charge is 2.46. The normalized spacial score (nSPS) is 18.5. The molecular formula is C46H59N6O7P. The summed E-state index contributed by atoms with van der Waals surface area (Å²) in [7, 11) is -3.29. The minimum absolute atomic E-state index is 0.0525. The van der Waals surface area contributed by atoms with E-state index in [1.807, 2.05) is 98.8 Å². The molecule has 0 spiro atoms. The van der Waals surface area contributed by atoms with Gasteiger partial charge in [-0.15, -0.1) is 0 Å². The van der Waals surface area contributed by atoms with Gasteiger partial charge in [-0.2, -0.15) is 5.10 Å². The number of fused-ring (bicyclic) bond motifs is 1. The molecule has 4 atom stereocenters. The first-order chi connectivity index (χ1) is 29.1. The van der Waals surface area contributed by atoms with Crippen molar-refractivity contribution >= 4 is 36.3 Å². The van der Waals surface area contributed by atoms with Gasteiger partial charge in [-0.25, -0.2) is 4.79 Å². The molecule has 0 saturated carbocycles. The SMILES string of the molecule is CCCCOP(=O)(CCCNC(=O)c1cccc(CN2C(=O)N(Cc3ccc4[nH]nc(N)c4c3)[C@H](Cc3ccccc3)[C@H](O)[C@@H](O)[C@H]2Cc2ccccc2)c1)OCCCC. The van der Waals surface area contributed by atoms with E-state index in [1.165, 1.54) is 0 Å². The van der Waals surface area contributed by atoms with Crippen molar-refractivity contribution < 1.29 is 33.4 Å². The lowest BCUT2D eigenvalue weighted by Crippen LogP contribution is -2.50. The fraction of sp³-hybridized carbons (Fsp3) is 0.413. The monoisotopic (exact) mass is 838 g/mol. The average Bonchev–Trinajstić information content (AvgIpc) is 3.62. The number of unbranched alkanes of at least 4 members (excludes halogenated alkanes) is 2. The standard InChI is InChI=1S/C46H59N6O7P/c1-3-5-24-58-60(57,59-25-6-4-2)26-14-23-48-45(55)37-20-13-19-35(27-37)31-51-40(29-33-15-9-7-10-16-33)42(53)43(54)41(30-34-17-11-8-12-18-34)52(46(51)56)32-36-21-22-39-38(28-36)44(47)50-49-39/h7-13,15-22,27-28,40-43,53-54H,3-6,14,23-26,29-32H2,1-2H3,(H,48,55)(H3,47,49,50)/t40-,41-,42+,43+/m1/s1. The summed E-state index contributed by atoms with van der Waals surface area (Å²) in [5.41, 5.74) is 10.6. The summed E-state index contributed by atoms with van der Waals surface area (Å²) >= 11 is 0. The third kappa shape index (κ3) is 11.6. The van der Waals surface area contributed by atoms with Gasteiger partial charge >= 0.3 is 13.6 Å². The highest BCUT2D eigenvalue weighted by molar-refractivity contribution is 7.53. The highest BCUT2D eigenvalue weighted by atomic mass is 31.2. The maximum absolute atomic E-state index is 15.2. The zero-order valence-electron chi connectivity index (χ0n) is 34.6. The first kappa shape index (κ1) is 44.5. The number of nitrogens with two attached hydrogens (primary N) is 1. The molecule has 4 aromatic carbocycles. The minimum Gasteiger partial charge on any atom is -0.388 e. The molecule has 6 N–H and O–H groups in total. The van der Waals surface area contributed by atoms with Gasteiger partial charge in [0.2, 0.25) is 0 Å². The van der Waals surface area contributed by atoms with Gasteiger partial charge in [0.15, 0.2) is 5.82 Å². The number of hydrogen-bond donors (Lipinski definition) is 5. The molecule has 0 radical (unpaired) electrons. The molecule has 5 aromatic rings. The van der Waals surface area contributed by atoms with Crippen molar-refractivity contribution in [3.63, 3.8) is 0 Å². The zero-order chi connectivity index (χ0) is 42.5. The van der Waals surface area contributed by atoms with Gasteiger partial charge in [0, 0.05) is 30.6 Å². The van der Waals surface area contributed by atoms with Gasteiger partial charge in [-0.1, -0.05) is 106 Å². The first-order valence-corrected chi connectivity index (χ1v) is 22.8. The molecule has 14 heteroatoms. The maximum Gasteiger partial charge on any atom is 0.330 e. The Morgan fingerprint density at radius 1 is 0.767 bits per heavy atom. The molecule has 1 saturated heterocycles. The summed E-state index contributed by atoms with van der Waals surface area (Å²) in [6.07, 6.45) is 1.95. The number of hydrogen-bond acceptors (Lipinski definition) is 9. The van der Waals surface area contributed by atoms with Gasteiger partial charge in [-0.05, 0) is 78.6 Å². The van der Waals surface area contributed by atoms with Crippen LogP contribution in [0.25, 0.3) is 10.9 Å². The van der Waals surface area contributed by atoms with Gasteiger partial charge in [0.1, 0.15) is 12.2 Å². The second kappa shape index (κ2) is 21.5. The maximum atomic E-state index is 15.2. The van der Waals surface area contributed by atoms with Crippen molar-refractivity contribution in [3.8, 4) is 0 Å². The van der Waals surface area contributed by atoms with Gasteiger partial charge < -0.3 is 40.1 Å². The molecule has 60 heavy (non-hydrogen) atoms. The molecule has 0 bridgehead atoms. The summed E-state index contributed by atoms with van der Waals surface area (Å²) in [6.45, 7) is 5.25. The molecule has 6 rings (SSSR count). The Hall–Kier alpha value is -5.04. The van der Waals surface area contributed by atoms with E-state index >= 15 is 4.79 Å². The number of aromatic amines is 1. The number of aromatic nitrogens is 2. The van der Waals surface area contributed by atoms with Gasteiger partial charge in [0.25, 0.3) is 5.91 Å². The first-order valence-electron chi connectivity index (χ1n) is 21.1. The average molecular weight is 839 g/mol. The molecule has 0 aliphatic carbocycles. The molecule has 3 amide bonds. The molecule has 1 aliphatic rings. The summed E-state index contributed by atoms with van der Waals surface area (Å²) in [6, 6.07) is 29.9. The van der Waals surface area contributed by atoms with Crippen molar-refractivity contribution in [3.05, 3.63) is 131 Å². The highest BCUT2D eigenvalue weighted by Crippen LogP contribution is 2.49. The van der Waals surface area contributed by atoms with E-state index < -0.39 is 31.9 Å². The zero-order valence-corrected chi connectivity index (χ0v) is 35.5. The third-order valence-corrected chi connectivity index (χ3v) is 13.0. The quantitative estimate of drug-likeness (QED) is 0.0370. The Morgan fingerprint density at radius 3 is 1.88 bits per heavy atom. The number of carbonyl (C=O) groups is 2. The molecule has 2 heterocycles. The predicted molar refractivity (Wildman–Crippen MR) is 234 cm³/mol. The number of aliphatic hydroxyl groups excluding tert-OH is 2. The number of rotatable bonds is 21. The molecular weight excluding hydrogens is 780 g/mol. The van der Waals surface area contributed by atoms with Crippen LogP contribution in [0.3, 0.4) is 0 Å². The van der Waals surface area contributed by atoms with Crippen molar-refractivity contribution in [2.75, 3.05) is 31.7 Å². The number of aliphatic hydroxyl groups is 2. The number of H-pyrrole nitrogens is 1. The summed E-state index contributed by atoms with van der Waals surface area (Å²) in [5, 5.41) is 35.0. The van der Waals surface area contributed by atoms with E-state index in [0.29, 0.717) is 43.0 Å².